The van der Waals surface area contributed by atoms with Crippen LogP contribution in [0.1, 0.15) is 15.9 Å². The SMILES string of the molecule is Cc1ccnc(Oc2ccc(Cl)c(C(=O)O)c2)c1Br. The van der Waals surface area contributed by atoms with Gasteiger partial charge in [0.05, 0.1) is 15.1 Å². The molecular weight excluding hydrogens is 334 g/mol. The van der Waals surface area contributed by atoms with Gasteiger partial charge in [-0.3, -0.25) is 0 Å². The molecule has 2 rings (SSSR count). The van der Waals surface area contributed by atoms with Gasteiger partial charge in [0.1, 0.15) is 5.75 Å². The highest BCUT2D eigenvalue weighted by atomic mass is 79.9. The maximum atomic E-state index is 11.0. The monoisotopic (exact) mass is 341 g/mol. The Morgan fingerprint density at radius 2 is 2.16 bits per heavy atom. The molecule has 1 N–H and O–H groups in total. The average Bonchev–Trinajstić information content (AvgIpc) is 2.37. The second kappa shape index (κ2) is 5.59. The Kier molecular flexibility index (Phi) is 4.07. The summed E-state index contributed by atoms with van der Waals surface area (Å²) in [6.45, 7) is 1.91. The fraction of sp³-hybridized carbons (Fsp3) is 0.0769. The molecule has 2 aromatic rings. The predicted molar refractivity (Wildman–Crippen MR) is 75.2 cm³/mol. The molecular formula is C13H9BrClNO3. The second-order valence-electron chi connectivity index (χ2n) is 3.80. The van der Waals surface area contributed by atoms with E-state index in [9.17, 15) is 4.79 Å². The molecule has 0 aliphatic carbocycles. The summed E-state index contributed by atoms with van der Waals surface area (Å²) in [6, 6.07) is 6.26. The third-order valence-corrected chi connectivity index (χ3v) is 3.73. The third-order valence-electron chi connectivity index (χ3n) is 2.43. The number of carboxylic acids is 1. The molecule has 0 bridgehead atoms. The molecule has 0 spiro atoms. The van der Waals surface area contributed by atoms with E-state index in [0.29, 0.717) is 11.6 Å². The van der Waals surface area contributed by atoms with Gasteiger partial charge in [0.25, 0.3) is 0 Å². The van der Waals surface area contributed by atoms with Crippen molar-refractivity contribution in [3.8, 4) is 11.6 Å². The van der Waals surface area contributed by atoms with Gasteiger partial charge in [-0.25, -0.2) is 9.78 Å². The molecule has 0 amide bonds. The van der Waals surface area contributed by atoms with Crippen molar-refractivity contribution in [2.45, 2.75) is 6.92 Å². The molecule has 0 aliphatic rings. The fourth-order valence-electron chi connectivity index (χ4n) is 1.43. The van der Waals surface area contributed by atoms with Crippen molar-refractivity contribution in [2.75, 3.05) is 0 Å². The largest absolute Gasteiger partial charge is 0.478 e. The van der Waals surface area contributed by atoms with E-state index in [0.717, 1.165) is 10.0 Å². The number of carboxylic acid groups (broad SMARTS) is 1. The van der Waals surface area contributed by atoms with Crippen molar-refractivity contribution in [3.63, 3.8) is 0 Å². The number of aromatic nitrogens is 1. The molecule has 4 nitrogen and oxygen atoms in total. The Morgan fingerprint density at radius 1 is 1.42 bits per heavy atom. The van der Waals surface area contributed by atoms with Crippen molar-refractivity contribution in [3.05, 3.63) is 51.1 Å². The van der Waals surface area contributed by atoms with E-state index in [4.69, 9.17) is 21.4 Å². The number of nitrogens with zero attached hydrogens (tertiary/aromatic N) is 1. The summed E-state index contributed by atoms with van der Waals surface area (Å²) < 4.78 is 6.28. The fourth-order valence-corrected chi connectivity index (χ4v) is 1.94. The first-order valence-electron chi connectivity index (χ1n) is 5.31. The quantitative estimate of drug-likeness (QED) is 0.903. The lowest BCUT2D eigenvalue weighted by atomic mass is 10.2. The molecule has 0 unspecified atom stereocenters. The van der Waals surface area contributed by atoms with Crippen LogP contribution >= 0.6 is 27.5 Å². The van der Waals surface area contributed by atoms with Gasteiger partial charge in [-0.15, -0.1) is 0 Å². The van der Waals surface area contributed by atoms with Crippen LogP contribution in [0.25, 0.3) is 0 Å². The number of hydrogen-bond acceptors (Lipinski definition) is 3. The number of aryl methyl sites for hydroxylation is 1. The maximum Gasteiger partial charge on any atom is 0.337 e. The predicted octanol–water partition coefficient (Wildman–Crippen LogP) is 4.30. The molecule has 1 aromatic heterocycles. The summed E-state index contributed by atoms with van der Waals surface area (Å²) in [6.07, 6.45) is 1.61. The molecule has 0 fully saturated rings. The number of halogens is 2. The van der Waals surface area contributed by atoms with Gasteiger partial charge in [-0.1, -0.05) is 11.6 Å². The van der Waals surface area contributed by atoms with Crippen LogP contribution in [-0.2, 0) is 0 Å². The van der Waals surface area contributed by atoms with E-state index in [1.165, 1.54) is 12.1 Å². The molecule has 98 valence electrons. The van der Waals surface area contributed by atoms with Crippen LogP contribution in [0.4, 0.5) is 0 Å². The van der Waals surface area contributed by atoms with Crippen molar-refractivity contribution in [2.24, 2.45) is 0 Å². The van der Waals surface area contributed by atoms with Gasteiger partial charge in [0, 0.05) is 6.20 Å². The van der Waals surface area contributed by atoms with Crippen LogP contribution in [0.3, 0.4) is 0 Å². The molecule has 0 atom stereocenters. The number of rotatable bonds is 3. The average molecular weight is 343 g/mol. The summed E-state index contributed by atoms with van der Waals surface area (Å²) in [5.74, 6) is -0.369. The van der Waals surface area contributed by atoms with Gasteiger partial charge >= 0.3 is 5.97 Å². The van der Waals surface area contributed by atoms with Gasteiger partial charge in [0.15, 0.2) is 0 Å². The van der Waals surface area contributed by atoms with E-state index >= 15 is 0 Å². The zero-order valence-corrected chi connectivity index (χ0v) is 12.2. The first-order chi connectivity index (χ1) is 8.99. The molecule has 1 aromatic carbocycles. The maximum absolute atomic E-state index is 11.0. The van der Waals surface area contributed by atoms with E-state index in [2.05, 4.69) is 20.9 Å². The summed E-state index contributed by atoms with van der Waals surface area (Å²) >= 11 is 9.16. The molecule has 19 heavy (non-hydrogen) atoms. The third kappa shape index (κ3) is 3.05. The standard InChI is InChI=1S/C13H9BrClNO3/c1-7-4-5-16-12(11(7)14)19-8-2-3-10(15)9(6-8)13(17)18/h2-6H,1H3,(H,17,18). The smallest absolute Gasteiger partial charge is 0.337 e. The van der Waals surface area contributed by atoms with E-state index in [1.807, 2.05) is 13.0 Å². The Morgan fingerprint density at radius 3 is 2.84 bits per heavy atom. The van der Waals surface area contributed by atoms with Crippen LogP contribution in [0, 0.1) is 6.92 Å². The number of benzene rings is 1. The minimum Gasteiger partial charge on any atom is -0.478 e. The minimum atomic E-state index is -1.10. The lowest BCUT2D eigenvalue weighted by molar-refractivity contribution is 0.0696. The van der Waals surface area contributed by atoms with E-state index in [-0.39, 0.29) is 10.6 Å². The minimum absolute atomic E-state index is 0.0112. The van der Waals surface area contributed by atoms with Crippen molar-refractivity contribution in [1.29, 1.82) is 0 Å². The van der Waals surface area contributed by atoms with Gasteiger partial charge in [-0.05, 0) is 52.7 Å². The normalized spacial score (nSPS) is 10.3. The van der Waals surface area contributed by atoms with Crippen molar-refractivity contribution >= 4 is 33.5 Å². The molecule has 0 aliphatic heterocycles. The first kappa shape index (κ1) is 13.8. The molecule has 6 heteroatoms. The van der Waals surface area contributed by atoms with Gasteiger partial charge < -0.3 is 9.84 Å². The number of ether oxygens (including phenoxy) is 1. The number of hydrogen-bond donors (Lipinski definition) is 1. The lowest BCUT2D eigenvalue weighted by Crippen LogP contribution is -1.98. The second-order valence-corrected chi connectivity index (χ2v) is 5.00. The first-order valence-corrected chi connectivity index (χ1v) is 6.48. The number of carbonyl (C=O) groups is 1. The summed E-state index contributed by atoms with van der Waals surface area (Å²) in [5, 5.41) is 9.15. The van der Waals surface area contributed by atoms with Crippen LogP contribution in [0.15, 0.2) is 34.9 Å². The Balaban J connectivity index is 2.36. The van der Waals surface area contributed by atoms with Crippen LogP contribution in [-0.4, -0.2) is 16.1 Å². The van der Waals surface area contributed by atoms with Crippen LogP contribution in [0.5, 0.6) is 11.6 Å². The molecule has 1 heterocycles. The summed E-state index contributed by atoms with van der Waals surface area (Å²) in [7, 11) is 0. The molecule has 0 saturated heterocycles. The van der Waals surface area contributed by atoms with Crippen molar-refractivity contribution < 1.29 is 14.6 Å². The lowest BCUT2D eigenvalue weighted by Gasteiger charge is -2.09. The van der Waals surface area contributed by atoms with Crippen molar-refractivity contribution in [1.82, 2.24) is 4.98 Å². The topological polar surface area (TPSA) is 59.4 Å². The highest BCUT2D eigenvalue weighted by molar-refractivity contribution is 9.10. The molecule has 0 saturated carbocycles. The highest BCUT2D eigenvalue weighted by Crippen LogP contribution is 2.31. The molecule has 0 radical (unpaired) electrons. The van der Waals surface area contributed by atoms with Crippen LogP contribution in [0.2, 0.25) is 5.02 Å². The Bertz CT molecular complexity index is 646. The Hall–Kier alpha value is -1.59. The zero-order valence-electron chi connectivity index (χ0n) is 9.85. The summed E-state index contributed by atoms with van der Waals surface area (Å²) in [5.41, 5.74) is 0.959. The zero-order chi connectivity index (χ0) is 14.0. The number of aromatic carboxylic acids is 1. The van der Waals surface area contributed by atoms with Gasteiger partial charge in [-0.2, -0.15) is 0 Å². The van der Waals surface area contributed by atoms with E-state index < -0.39 is 5.97 Å². The number of pyridine rings is 1. The van der Waals surface area contributed by atoms with Crippen LogP contribution < -0.4 is 4.74 Å². The van der Waals surface area contributed by atoms with E-state index in [1.54, 1.807) is 12.3 Å². The summed E-state index contributed by atoms with van der Waals surface area (Å²) in [4.78, 5) is 15.1. The Labute approximate surface area is 123 Å². The van der Waals surface area contributed by atoms with Gasteiger partial charge in [0.2, 0.25) is 5.88 Å². The highest BCUT2D eigenvalue weighted by Gasteiger charge is 2.12.